The number of hydrogen-bond acceptors (Lipinski definition) is 5. The molecule has 0 radical (unpaired) electrons. The minimum absolute atomic E-state index is 0.176. The van der Waals surface area contributed by atoms with Gasteiger partial charge in [0, 0.05) is 37.9 Å². The van der Waals surface area contributed by atoms with Crippen LogP contribution in [-0.4, -0.2) is 38.6 Å². The molecule has 0 aliphatic carbocycles. The van der Waals surface area contributed by atoms with Crippen LogP contribution in [0.3, 0.4) is 0 Å². The summed E-state index contributed by atoms with van der Waals surface area (Å²) in [5, 5.41) is 3.57. The normalized spacial score (nSPS) is 20.8. The topological polar surface area (TPSA) is 49.0 Å². The van der Waals surface area contributed by atoms with Crippen molar-refractivity contribution < 1.29 is 18.9 Å². The Bertz CT molecular complexity index is 862. The zero-order valence-corrected chi connectivity index (χ0v) is 20.4. The fourth-order valence-corrected chi connectivity index (χ4v) is 4.29. The van der Waals surface area contributed by atoms with Gasteiger partial charge in [0.1, 0.15) is 24.7 Å². The third-order valence-corrected chi connectivity index (χ3v) is 6.41. The lowest BCUT2D eigenvalue weighted by atomic mass is 9.87. The van der Waals surface area contributed by atoms with Crippen LogP contribution >= 0.6 is 0 Å². The van der Waals surface area contributed by atoms with Crippen LogP contribution in [0.4, 0.5) is 0 Å². The molecule has 0 spiro atoms. The highest BCUT2D eigenvalue weighted by atomic mass is 16.5. The monoisotopic (exact) mass is 453 g/mol. The average Bonchev–Trinajstić information content (AvgIpc) is 3.51. The number of rotatable bonds is 10. The zero-order chi connectivity index (χ0) is 23.1. The molecule has 0 bridgehead atoms. The maximum Gasteiger partial charge on any atom is 0.127 e. The Morgan fingerprint density at radius 1 is 0.848 bits per heavy atom. The van der Waals surface area contributed by atoms with Crippen LogP contribution in [0.25, 0.3) is 0 Å². The average molecular weight is 454 g/mol. The van der Waals surface area contributed by atoms with Gasteiger partial charge in [0.2, 0.25) is 0 Å². The minimum Gasteiger partial charge on any atom is -0.491 e. The maximum atomic E-state index is 6.21. The van der Waals surface area contributed by atoms with Gasteiger partial charge in [-0.3, -0.25) is 0 Å². The molecule has 5 nitrogen and oxygen atoms in total. The van der Waals surface area contributed by atoms with Crippen LogP contribution in [0.2, 0.25) is 0 Å². The van der Waals surface area contributed by atoms with Gasteiger partial charge >= 0.3 is 0 Å². The number of benzene rings is 2. The van der Waals surface area contributed by atoms with E-state index in [1.807, 2.05) is 12.1 Å². The first-order valence-corrected chi connectivity index (χ1v) is 12.4. The Balaban J connectivity index is 1.35. The fraction of sp³-hybridized carbons (Fsp3) is 0.571. The van der Waals surface area contributed by atoms with Gasteiger partial charge in [-0.25, -0.2) is 0 Å². The van der Waals surface area contributed by atoms with Gasteiger partial charge in [-0.2, -0.15) is 0 Å². The highest BCUT2D eigenvalue weighted by Gasteiger charge is 2.19. The van der Waals surface area contributed by atoms with Crippen molar-refractivity contribution in [2.45, 2.75) is 77.2 Å². The second-order valence-corrected chi connectivity index (χ2v) is 10.2. The van der Waals surface area contributed by atoms with Gasteiger partial charge in [-0.15, -0.1) is 0 Å². The summed E-state index contributed by atoms with van der Waals surface area (Å²) in [5.41, 5.74) is 3.94. The first-order chi connectivity index (χ1) is 16.0. The van der Waals surface area contributed by atoms with Gasteiger partial charge in [-0.1, -0.05) is 51.1 Å². The van der Waals surface area contributed by atoms with Gasteiger partial charge in [0.05, 0.1) is 12.2 Å². The van der Waals surface area contributed by atoms with E-state index in [1.54, 1.807) is 0 Å². The lowest BCUT2D eigenvalue weighted by Crippen LogP contribution is -2.19. The molecule has 2 unspecified atom stereocenters. The molecular weight excluding hydrogens is 414 g/mol. The van der Waals surface area contributed by atoms with E-state index >= 15 is 0 Å². The lowest BCUT2D eigenvalue weighted by molar-refractivity contribution is 0.0652. The van der Waals surface area contributed by atoms with E-state index in [1.165, 1.54) is 11.1 Å². The largest absolute Gasteiger partial charge is 0.491 e. The summed E-state index contributed by atoms with van der Waals surface area (Å²) in [6.07, 6.45) is 4.75. The SMILES string of the molecule is CC(C)(C)c1ccc(CNCc2ccc(OCC3CCCO3)cc2OCC2CCCO2)cc1. The molecule has 0 amide bonds. The van der Waals surface area contributed by atoms with Crippen LogP contribution in [0.5, 0.6) is 11.5 Å². The molecule has 180 valence electrons. The smallest absolute Gasteiger partial charge is 0.127 e. The Labute approximate surface area is 198 Å². The van der Waals surface area contributed by atoms with Crippen molar-refractivity contribution in [2.24, 2.45) is 0 Å². The quantitative estimate of drug-likeness (QED) is 0.523. The summed E-state index contributed by atoms with van der Waals surface area (Å²) < 4.78 is 23.7. The van der Waals surface area contributed by atoms with Crippen molar-refractivity contribution in [1.29, 1.82) is 0 Å². The number of ether oxygens (including phenoxy) is 4. The Hall–Kier alpha value is -2.08. The van der Waals surface area contributed by atoms with Crippen molar-refractivity contribution >= 4 is 0 Å². The fourth-order valence-electron chi connectivity index (χ4n) is 4.29. The second-order valence-electron chi connectivity index (χ2n) is 10.2. The molecule has 2 saturated heterocycles. The Kier molecular flexibility index (Phi) is 8.29. The van der Waals surface area contributed by atoms with Gasteiger partial charge < -0.3 is 24.3 Å². The number of hydrogen-bond donors (Lipinski definition) is 1. The van der Waals surface area contributed by atoms with E-state index in [0.717, 1.165) is 69.0 Å². The first-order valence-electron chi connectivity index (χ1n) is 12.4. The van der Waals surface area contributed by atoms with Crippen molar-refractivity contribution in [3.63, 3.8) is 0 Å². The Morgan fingerprint density at radius 2 is 1.52 bits per heavy atom. The molecule has 2 heterocycles. The molecule has 2 atom stereocenters. The molecule has 2 fully saturated rings. The summed E-state index contributed by atoms with van der Waals surface area (Å²) in [6.45, 7) is 11.1. The highest BCUT2D eigenvalue weighted by Crippen LogP contribution is 2.27. The van der Waals surface area contributed by atoms with Crippen molar-refractivity contribution in [3.05, 3.63) is 59.2 Å². The zero-order valence-electron chi connectivity index (χ0n) is 20.4. The first kappa shape index (κ1) is 24.1. The highest BCUT2D eigenvalue weighted by molar-refractivity contribution is 5.41. The molecule has 2 aliphatic heterocycles. The molecule has 2 aliphatic rings. The van der Waals surface area contributed by atoms with Crippen LogP contribution in [0, 0.1) is 0 Å². The summed E-state index contributed by atoms with van der Waals surface area (Å²) in [4.78, 5) is 0. The Morgan fingerprint density at radius 3 is 2.12 bits per heavy atom. The standard InChI is InChI=1S/C28H39NO4/c1-28(2,3)23-11-8-21(9-12-23)17-29-18-22-10-13-24(32-19-25-6-4-14-30-25)16-27(22)33-20-26-7-5-15-31-26/h8-13,16,25-26,29H,4-7,14-15,17-20H2,1-3H3. The van der Waals surface area contributed by atoms with Crippen LogP contribution < -0.4 is 14.8 Å². The van der Waals surface area contributed by atoms with Crippen LogP contribution in [-0.2, 0) is 28.0 Å². The third-order valence-electron chi connectivity index (χ3n) is 6.41. The summed E-state index contributed by atoms with van der Waals surface area (Å²) in [6, 6.07) is 15.0. The predicted octanol–water partition coefficient (Wildman–Crippen LogP) is 5.39. The molecular formula is C28H39NO4. The van der Waals surface area contributed by atoms with Gasteiger partial charge in [0.25, 0.3) is 0 Å². The third kappa shape index (κ3) is 7.20. The lowest BCUT2D eigenvalue weighted by Gasteiger charge is -2.19. The summed E-state index contributed by atoms with van der Waals surface area (Å²) in [5.74, 6) is 1.69. The van der Waals surface area contributed by atoms with E-state index in [2.05, 4.69) is 56.4 Å². The minimum atomic E-state index is 0.176. The second kappa shape index (κ2) is 11.4. The predicted molar refractivity (Wildman–Crippen MR) is 131 cm³/mol. The molecule has 1 N–H and O–H groups in total. The van der Waals surface area contributed by atoms with Crippen LogP contribution in [0.15, 0.2) is 42.5 Å². The van der Waals surface area contributed by atoms with E-state index in [-0.39, 0.29) is 17.6 Å². The van der Waals surface area contributed by atoms with Crippen molar-refractivity contribution in [2.75, 3.05) is 26.4 Å². The summed E-state index contributed by atoms with van der Waals surface area (Å²) in [7, 11) is 0. The van der Waals surface area contributed by atoms with E-state index < -0.39 is 0 Å². The molecule has 0 saturated carbocycles. The maximum absolute atomic E-state index is 6.21. The van der Waals surface area contributed by atoms with E-state index in [9.17, 15) is 0 Å². The molecule has 4 rings (SSSR count). The molecule has 2 aromatic rings. The van der Waals surface area contributed by atoms with Gasteiger partial charge in [-0.05, 0) is 48.3 Å². The van der Waals surface area contributed by atoms with Gasteiger partial charge in [0.15, 0.2) is 0 Å². The van der Waals surface area contributed by atoms with E-state index in [4.69, 9.17) is 18.9 Å². The number of nitrogens with one attached hydrogen (secondary N) is 1. The molecule has 5 heteroatoms. The van der Waals surface area contributed by atoms with E-state index in [0.29, 0.717) is 13.2 Å². The van der Waals surface area contributed by atoms with Crippen molar-refractivity contribution in [3.8, 4) is 11.5 Å². The summed E-state index contributed by atoms with van der Waals surface area (Å²) >= 11 is 0. The van der Waals surface area contributed by atoms with Crippen molar-refractivity contribution in [1.82, 2.24) is 5.32 Å². The molecule has 33 heavy (non-hydrogen) atoms. The van der Waals surface area contributed by atoms with Crippen LogP contribution in [0.1, 0.15) is 63.1 Å². The molecule has 0 aromatic heterocycles. The molecule has 2 aromatic carbocycles.